The molecule has 1 aliphatic rings. The summed E-state index contributed by atoms with van der Waals surface area (Å²) in [4.78, 5) is 0. The summed E-state index contributed by atoms with van der Waals surface area (Å²) < 4.78 is 0. The lowest BCUT2D eigenvalue weighted by atomic mass is 10.1. The first-order valence-electron chi connectivity index (χ1n) is 6.15. The van der Waals surface area contributed by atoms with Crippen molar-refractivity contribution in [3.8, 4) is 6.07 Å². The molecule has 0 aliphatic heterocycles. The summed E-state index contributed by atoms with van der Waals surface area (Å²) in [6, 6.07) is 10.6. The zero-order valence-corrected chi connectivity index (χ0v) is 9.89. The zero-order valence-electron chi connectivity index (χ0n) is 9.89. The van der Waals surface area contributed by atoms with Gasteiger partial charge in [0, 0.05) is 12.6 Å². The van der Waals surface area contributed by atoms with E-state index in [9.17, 15) is 0 Å². The Kier molecular flexibility index (Phi) is 4.13. The number of benzene rings is 1. The average molecular weight is 230 g/mol. The molecular formula is C14H18N2O. The summed E-state index contributed by atoms with van der Waals surface area (Å²) in [5.41, 5.74) is 2.10. The van der Waals surface area contributed by atoms with E-state index in [1.165, 1.54) is 5.56 Å². The van der Waals surface area contributed by atoms with Crippen molar-refractivity contribution >= 4 is 0 Å². The van der Waals surface area contributed by atoms with Gasteiger partial charge in [-0.05, 0) is 24.0 Å². The second-order valence-electron chi connectivity index (χ2n) is 4.63. The third-order valence-electron chi connectivity index (χ3n) is 3.42. The van der Waals surface area contributed by atoms with Crippen molar-refractivity contribution in [3.05, 3.63) is 35.4 Å². The van der Waals surface area contributed by atoms with Crippen molar-refractivity contribution < 1.29 is 5.11 Å². The van der Waals surface area contributed by atoms with Crippen LogP contribution in [0, 0.1) is 17.2 Å². The van der Waals surface area contributed by atoms with Gasteiger partial charge in [0.2, 0.25) is 0 Å². The molecule has 3 heteroatoms. The average Bonchev–Trinajstić information content (AvgIpc) is 2.84. The Balaban J connectivity index is 1.91. The molecule has 0 heterocycles. The minimum Gasteiger partial charge on any atom is -0.392 e. The number of aliphatic hydroxyl groups is 1. The maximum Gasteiger partial charge on any atom is 0.0681 e. The van der Waals surface area contributed by atoms with Crippen LogP contribution in [0.5, 0.6) is 0 Å². The Bertz CT molecular complexity index is 411. The number of nitrogens with one attached hydrogen (secondary N) is 1. The van der Waals surface area contributed by atoms with Gasteiger partial charge in [0.15, 0.2) is 0 Å². The van der Waals surface area contributed by atoms with Crippen LogP contribution in [0.3, 0.4) is 0 Å². The molecule has 1 fully saturated rings. The largest absolute Gasteiger partial charge is 0.392 e. The van der Waals surface area contributed by atoms with Crippen LogP contribution in [0.4, 0.5) is 0 Å². The van der Waals surface area contributed by atoms with Gasteiger partial charge in [-0.1, -0.05) is 30.7 Å². The Labute approximate surface area is 102 Å². The molecule has 1 saturated carbocycles. The Hall–Kier alpha value is -1.37. The molecule has 0 spiro atoms. The lowest BCUT2D eigenvalue weighted by molar-refractivity contribution is 0.281. The van der Waals surface area contributed by atoms with Gasteiger partial charge in [-0.2, -0.15) is 5.26 Å². The van der Waals surface area contributed by atoms with E-state index in [-0.39, 0.29) is 12.5 Å². The van der Waals surface area contributed by atoms with E-state index < -0.39 is 0 Å². The topological polar surface area (TPSA) is 56.0 Å². The number of nitrogens with zero attached hydrogens (tertiary/aromatic N) is 1. The zero-order chi connectivity index (χ0) is 12.1. The van der Waals surface area contributed by atoms with E-state index in [1.807, 2.05) is 24.3 Å². The number of hydrogen-bond donors (Lipinski definition) is 2. The molecule has 3 nitrogen and oxygen atoms in total. The van der Waals surface area contributed by atoms with Crippen LogP contribution in [0.2, 0.25) is 0 Å². The highest BCUT2D eigenvalue weighted by Gasteiger charge is 2.26. The molecule has 90 valence electrons. The molecule has 2 rings (SSSR count). The first-order valence-corrected chi connectivity index (χ1v) is 6.15. The highest BCUT2D eigenvalue weighted by molar-refractivity contribution is 5.22. The van der Waals surface area contributed by atoms with Crippen molar-refractivity contribution in [1.29, 1.82) is 5.26 Å². The van der Waals surface area contributed by atoms with E-state index in [0.717, 1.165) is 31.4 Å². The lowest BCUT2D eigenvalue weighted by Crippen LogP contribution is -2.31. The summed E-state index contributed by atoms with van der Waals surface area (Å²) in [6.45, 7) is 0.856. The van der Waals surface area contributed by atoms with E-state index in [2.05, 4.69) is 11.4 Å². The summed E-state index contributed by atoms with van der Waals surface area (Å²) in [5.74, 6) is 0.163. The van der Waals surface area contributed by atoms with Crippen LogP contribution in [-0.2, 0) is 13.2 Å². The van der Waals surface area contributed by atoms with Crippen LogP contribution in [0.25, 0.3) is 0 Å². The Morgan fingerprint density at radius 2 is 2.18 bits per heavy atom. The predicted octanol–water partition coefficient (Wildman–Crippen LogP) is 1.96. The third-order valence-corrected chi connectivity index (χ3v) is 3.42. The molecule has 17 heavy (non-hydrogen) atoms. The standard InChI is InChI=1S/C14H18N2O/c15-8-13-5-2-6-14(13)16-9-11-3-1-4-12(7-11)10-17/h1,3-4,7,13-14,16-17H,2,5-6,9-10H2. The number of hydrogen-bond acceptors (Lipinski definition) is 3. The summed E-state index contributed by atoms with van der Waals surface area (Å²) in [6.07, 6.45) is 3.26. The Morgan fingerprint density at radius 1 is 1.35 bits per heavy atom. The van der Waals surface area contributed by atoms with Crippen molar-refractivity contribution in [2.24, 2.45) is 5.92 Å². The second kappa shape index (κ2) is 5.81. The van der Waals surface area contributed by atoms with Crippen molar-refractivity contribution in [2.45, 2.75) is 38.5 Å². The van der Waals surface area contributed by atoms with E-state index in [0.29, 0.717) is 6.04 Å². The first kappa shape index (κ1) is 12.1. The fourth-order valence-corrected chi connectivity index (χ4v) is 2.45. The molecule has 0 amide bonds. The van der Waals surface area contributed by atoms with E-state index >= 15 is 0 Å². The number of nitriles is 1. The van der Waals surface area contributed by atoms with Gasteiger partial charge >= 0.3 is 0 Å². The minimum absolute atomic E-state index is 0.0814. The molecule has 0 radical (unpaired) electrons. The van der Waals surface area contributed by atoms with Crippen molar-refractivity contribution in [2.75, 3.05) is 0 Å². The maximum atomic E-state index is 9.06. The fraction of sp³-hybridized carbons (Fsp3) is 0.500. The van der Waals surface area contributed by atoms with E-state index in [1.54, 1.807) is 0 Å². The van der Waals surface area contributed by atoms with Crippen LogP contribution in [0.15, 0.2) is 24.3 Å². The first-order chi connectivity index (χ1) is 8.33. The van der Waals surface area contributed by atoms with Crippen LogP contribution >= 0.6 is 0 Å². The van der Waals surface area contributed by atoms with Crippen LogP contribution in [0.1, 0.15) is 30.4 Å². The van der Waals surface area contributed by atoms with Gasteiger partial charge in [-0.3, -0.25) is 0 Å². The van der Waals surface area contributed by atoms with Gasteiger partial charge in [-0.15, -0.1) is 0 Å². The smallest absolute Gasteiger partial charge is 0.0681 e. The van der Waals surface area contributed by atoms with Gasteiger partial charge in [-0.25, -0.2) is 0 Å². The van der Waals surface area contributed by atoms with Crippen molar-refractivity contribution in [1.82, 2.24) is 5.32 Å². The summed E-state index contributed by atoms with van der Waals surface area (Å²) in [7, 11) is 0. The van der Waals surface area contributed by atoms with Gasteiger partial charge in [0.05, 0.1) is 18.6 Å². The molecule has 1 aromatic carbocycles. The fourth-order valence-electron chi connectivity index (χ4n) is 2.45. The second-order valence-corrected chi connectivity index (χ2v) is 4.63. The molecule has 0 aromatic heterocycles. The van der Waals surface area contributed by atoms with Crippen molar-refractivity contribution in [3.63, 3.8) is 0 Å². The quantitative estimate of drug-likeness (QED) is 0.831. The highest BCUT2D eigenvalue weighted by atomic mass is 16.3. The minimum atomic E-state index is 0.0814. The summed E-state index contributed by atoms with van der Waals surface area (Å²) in [5, 5.41) is 21.5. The third kappa shape index (κ3) is 3.06. The Morgan fingerprint density at radius 3 is 2.94 bits per heavy atom. The summed E-state index contributed by atoms with van der Waals surface area (Å²) >= 11 is 0. The number of rotatable bonds is 4. The van der Waals surface area contributed by atoms with Crippen LogP contribution in [-0.4, -0.2) is 11.1 Å². The molecule has 0 saturated heterocycles. The molecule has 2 N–H and O–H groups in total. The molecule has 2 unspecified atom stereocenters. The van der Waals surface area contributed by atoms with Gasteiger partial charge < -0.3 is 10.4 Å². The molecule has 2 atom stereocenters. The maximum absolute atomic E-state index is 9.06. The normalized spacial score (nSPS) is 23.5. The monoisotopic (exact) mass is 230 g/mol. The van der Waals surface area contributed by atoms with Gasteiger partial charge in [0.1, 0.15) is 0 Å². The van der Waals surface area contributed by atoms with Gasteiger partial charge in [0.25, 0.3) is 0 Å². The highest BCUT2D eigenvalue weighted by Crippen LogP contribution is 2.25. The molecular weight excluding hydrogens is 212 g/mol. The van der Waals surface area contributed by atoms with E-state index in [4.69, 9.17) is 10.4 Å². The lowest BCUT2D eigenvalue weighted by Gasteiger charge is -2.15. The SMILES string of the molecule is N#CC1CCCC1NCc1cccc(CO)c1. The predicted molar refractivity (Wildman–Crippen MR) is 65.9 cm³/mol. The molecule has 0 bridgehead atoms. The van der Waals surface area contributed by atoms with Crippen LogP contribution < -0.4 is 5.32 Å². The molecule has 1 aliphatic carbocycles. The number of aliphatic hydroxyl groups excluding tert-OH is 1. The molecule has 1 aromatic rings.